The van der Waals surface area contributed by atoms with Gasteiger partial charge in [0, 0.05) is 12.1 Å². The Labute approximate surface area is 129 Å². The smallest absolute Gasteiger partial charge is 0.337 e. The van der Waals surface area contributed by atoms with E-state index in [4.69, 9.17) is 4.74 Å². The van der Waals surface area contributed by atoms with E-state index in [2.05, 4.69) is 10.1 Å². The number of methoxy groups -OCH3 is 1. The van der Waals surface area contributed by atoms with Crippen LogP contribution in [0.3, 0.4) is 0 Å². The maximum atomic E-state index is 12.0. The van der Waals surface area contributed by atoms with Crippen molar-refractivity contribution in [3.63, 3.8) is 0 Å². The van der Waals surface area contributed by atoms with Crippen molar-refractivity contribution >= 4 is 17.8 Å². The molecular formula is C16H21NO5. The molecule has 1 aromatic rings. The van der Waals surface area contributed by atoms with E-state index in [0.717, 1.165) is 0 Å². The van der Waals surface area contributed by atoms with Crippen LogP contribution in [0.15, 0.2) is 24.3 Å². The van der Waals surface area contributed by atoms with E-state index < -0.39 is 11.9 Å². The standard InChI is InChI=1S/C16H21NO5/c1-10(2)22-15(19)11(3)9-17-14(18)12-5-7-13(8-6-12)16(20)21-4/h5-8,10-11H,9H2,1-4H3,(H,17,18)/t11-/m0/s1. The van der Waals surface area contributed by atoms with Crippen LogP contribution in [0, 0.1) is 5.92 Å². The number of amides is 1. The van der Waals surface area contributed by atoms with Crippen LogP contribution in [-0.2, 0) is 14.3 Å². The number of esters is 2. The fourth-order valence-corrected chi connectivity index (χ4v) is 1.66. The maximum Gasteiger partial charge on any atom is 0.337 e. The van der Waals surface area contributed by atoms with E-state index in [9.17, 15) is 14.4 Å². The first-order valence-corrected chi connectivity index (χ1v) is 7.02. The van der Waals surface area contributed by atoms with Gasteiger partial charge in [-0.2, -0.15) is 0 Å². The van der Waals surface area contributed by atoms with Gasteiger partial charge in [-0.05, 0) is 38.1 Å². The number of carbonyl (C=O) groups is 3. The number of hydrogen-bond donors (Lipinski definition) is 1. The Balaban J connectivity index is 2.55. The first kappa shape index (κ1) is 17.7. The van der Waals surface area contributed by atoms with Gasteiger partial charge in [-0.3, -0.25) is 9.59 Å². The molecule has 1 aromatic carbocycles. The van der Waals surface area contributed by atoms with Crippen molar-refractivity contribution in [1.82, 2.24) is 5.32 Å². The van der Waals surface area contributed by atoms with Gasteiger partial charge in [0.2, 0.25) is 0 Å². The highest BCUT2D eigenvalue weighted by molar-refractivity contribution is 5.96. The summed E-state index contributed by atoms with van der Waals surface area (Å²) < 4.78 is 9.65. The van der Waals surface area contributed by atoms with Crippen LogP contribution in [0.2, 0.25) is 0 Å². The molecule has 0 fully saturated rings. The van der Waals surface area contributed by atoms with Crippen molar-refractivity contribution in [2.75, 3.05) is 13.7 Å². The molecule has 0 spiro atoms. The highest BCUT2D eigenvalue weighted by Gasteiger charge is 2.17. The van der Waals surface area contributed by atoms with Crippen LogP contribution in [0.1, 0.15) is 41.5 Å². The summed E-state index contributed by atoms with van der Waals surface area (Å²) in [5, 5.41) is 2.66. The number of rotatable bonds is 6. The fourth-order valence-electron chi connectivity index (χ4n) is 1.66. The quantitative estimate of drug-likeness (QED) is 0.810. The fraction of sp³-hybridized carbons (Fsp3) is 0.438. The molecule has 1 amide bonds. The van der Waals surface area contributed by atoms with Crippen molar-refractivity contribution in [3.8, 4) is 0 Å². The second kappa shape index (κ2) is 8.17. The molecule has 0 saturated carbocycles. The lowest BCUT2D eigenvalue weighted by Gasteiger charge is -2.14. The van der Waals surface area contributed by atoms with Gasteiger partial charge < -0.3 is 14.8 Å². The Morgan fingerprint density at radius 1 is 1.05 bits per heavy atom. The van der Waals surface area contributed by atoms with E-state index in [0.29, 0.717) is 11.1 Å². The monoisotopic (exact) mass is 307 g/mol. The first-order valence-electron chi connectivity index (χ1n) is 7.02. The van der Waals surface area contributed by atoms with Gasteiger partial charge in [0.25, 0.3) is 5.91 Å². The van der Waals surface area contributed by atoms with Crippen LogP contribution in [0.4, 0.5) is 0 Å². The summed E-state index contributed by atoms with van der Waals surface area (Å²) in [6.07, 6.45) is -0.184. The van der Waals surface area contributed by atoms with Crippen LogP contribution in [-0.4, -0.2) is 37.6 Å². The van der Waals surface area contributed by atoms with Crippen molar-refractivity contribution < 1.29 is 23.9 Å². The van der Waals surface area contributed by atoms with Crippen LogP contribution in [0.5, 0.6) is 0 Å². The Kier molecular flexibility index (Phi) is 6.56. The summed E-state index contributed by atoms with van der Waals surface area (Å²) in [6.45, 7) is 5.41. The normalized spacial score (nSPS) is 11.7. The molecule has 120 valence electrons. The minimum absolute atomic E-state index is 0.184. The lowest BCUT2D eigenvalue weighted by molar-refractivity contribution is -0.151. The Bertz CT molecular complexity index is 536. The highest BCUT2D eigenvalue weighted by Crippen LogP contribution is 2.06. The first-order chi connectivity index (χ1) is 10.3. The molecule has 0 radical (unpaired) electrons. The molecule has 0 aliphatic heterocycles. The SMILES string of the molecule is COC(=O)c1ccc(C(=O)NC[C@H](C)C(=O)OC(C)C)cc1. The largest absolute Gasteiger partial charge is 0.465 e. The van der Waals surface area contributed by atoms with Crippen LogP contribution in [0.25, 0.3) is 0 Å². The van der Waals surface area contributed by atoms with E-state index in [-0.39, 0.29) is 24.5 Å². The third-order valence-electron chi connectivity index (χ3n) is 2.89. The minimum Gasteiger partial charge on any atom is -0.465 e. The summed E-state index contributed by atoms with van der Waals surface area (Å²) >= 11 is 0. The molecular weight excluding hydrogens is 286 g/mol. The van der Waals surface area contributed by atoms with E-state index in [1.54, 1.807) is 20.8 Å². The van der Waals surface area contributed by atoms with Gasteiger partial charge in [0.05, 0.1) is 24.7 Å². The molecule has 6 nitrogen and oxygen atoms in total. The van der Waals surface area contributed by atoms with E-state index >= 15 is 0 Å². The Morgan fingerprint density at radius 2 is 1.59 bits per heavy atom. The van der Waals surface area contributed by atoms with Gasteiger partial charge in [0.1, 0.15) is 0 Å². The summed E-state index contributed by atoms with van der Waals surface area (Å²) in [5.74, 6) is -1.56. The minimum atomic E-state index is -0.461. The number of carbonyl (C=O) groups excluding carboxylic acids is 3. The molecule has 1 atom stereocenters. The van der Waals surface area contributed by atoms with Crippen molar-refractivity contribution in [2.45, 2.75) is 26.9 Å². The Hall–Kier alpha value is -2.37. The summed E-state index contributed by atoms with van der Waals surface area (Å²) in [6, 6.07) is 6.08. The molecule has 0 heterocycles. The molecule has 0 aromatic heterocycles. The third-order valence-corrected chi connectivity index (χ3v) is 2.89. The average Bonchev–Trinajstić information content (AvgIpc) is 2.50. The predicted molar refractivity (Wildman–Crippen MR) is 80.5 cm³/mol. The summed E-state index contributed by atoms with van der Waals surface area (Å²) in [4.78, 5) is 34.9. The zero-order valence-electron chi connectivity index (χ0n) is 13.2. The number of nitrogens with one attached hydrogen (secondary N) is 1. The summed E-state index contributed by atoms with van der Waals surface area (Å²) in [5.41, 5.74) is 0.769. The lowest BCUT2D eigenvalue weighted by atomic mass is 10.1. The molecule has 0 aliphatic rings. The highest BCUT2D eigenvalue weighted by atomic mass is 16.5. The average molecular weight is 307 g/mol. The van der Waals surface area contributed by atoms with Crippen molar-refractivity contribution in [3.05, 3.63) is 35.4 Å². The topological polar surface area (TPSA) is 81.7 Å². The zero-order chi connectivity index (χ0) is 16.7. The molecule has 6 heteroatoms. The molecule has 1 N–H and O–H groups in total. The van der Waals surface area contributed by atoms with Crippen LogP contribution < -0.4 is 5.32 Å². The second-order valence-corrected chi connectivity index (χ2v) is 5.17. The third kappa shape index (κ3) is 5.20. The molecule has 0 unspecified atom stereocenters. The van der Waals surface area contributed by atoms with E-state index in [1.807, 2.05) is 0 Å². The second-order valence-electron chi connectivity index (χ2n) is 5.17. The summed E-state index contributed by atoms with van der Waals surface area (Å²) in [7, 11) is 1.29. The van der Waals surface area contributed by atoms with Gasteiger partial charge in [-0.15, -0.1) is 0 Å². The number of hydrogen-bond acceptors (Lipinski definition) is 5. The maximum absolute atomic E-state index is 12.0. The number of benzene rings is 1. The molecule has 22 heavy (non-hydrogen) atoms. The van der Waals surface area contributed by atoms with Crippen LogP contribution >= 0.6 is 0 Å². The molecule has 0 saturated heterocycles. The van der Waals surface area contributed by atoms with Crippen molar-refractivity contribution in [2.24, 2.45) is 5.92 Å². The number of ether oxygens (including phenoxy) is 2. The molecule has 0 bridgehead atoms. The van der Waals surface area contributed by atoms with E-state index in [1.165, 1.54) is 31.4 Å². The predicted octanol–water partition coefficient (Wildman–Crippen LogP) is 1.79. The van der Waals surface area contributed by atoms with Gasteiger partial charge in [-0.1, -0.05) is 6.92 Å². The van der Waals surface area contributed by atoms with Gasteiger partial charge in [0.15, 0.2) is 0 Å². The zero-order valence-corrected chi connectivity index (χ0v) is 13.2. The molecule has 0 aliphatic carbocycles. The van der Waals surface area contributed by atoms with Gasteiger partial charge in [-0.25, -0.2) is 4.79 Å². The lowest BCUT2D eigenvalue weighted by Crippen LogP contribution is -2.33. The van der Waals surface area contributed by atoms with Crippen molar-refractivity contribution in [1.29, 1.82) is 0 Å². The Morgan fingerprint density at radius 3 is 2.09 bits per heavy atom. The van der Waals surface area contributed by atoms with Gasteiger partial charge >= 0.3 is 11.9 Å². The molecule has 1 rings (SSSR count).